The molecule has 0 amide bonds. The molecule has 21 N–H and O–H groups in total. The van der Waals surface area contributed by atoms with Gasteiger partial charge in [-0.1, -0.05) is 0 Å². The van der Waals surface area contributed by atoms with E-state index >= 15 is 0 Å². The van der Waals surface area contributed by atoms with Gasteiger partial charge in [-0.2, -0.15) is 33.7 Å². The summed E-state index contributed by atoms with van der Waals surface area (Å²) in [4.78, 5) is 0. The molecule has 35 atom stereocenters. The van der Waals surface area contributed by atoms with Crippen molar-refractivity contribution in [1.82, 2.24) is 0 Å². The monoisotopic (exact) mass is 1680 g/mol. The molecule has 14 bridgehead atoms. The summed E-state index contributed by atoms with van der Waals surface area (Å²) in [6.07, 6.45) is -75.4. The van der Waals surface area contributed by atoms with E-state index in [1.165, 1.54) is 0 Å². The fraction of sp³-hybridized carbons (Fsp3) is 1.00. The smallest absolute Gasteiger partial charge is 0.264 e. The lowest BCUT2D eigenvalue weighted by Gasteiger charge is -2.50. The molecule has 109 heavy (non-hydrogen) atoms. The van der Waals surface area contributed by atoms with Gasteiger partial charge in [0.25, 0.3) is 40.5 Å². The first-order chi connectivity index (χ1) is 51.2. The van der Waals surface area contributed by atoms with Crippen LogP contribution in [0.3, 0.4) is 0 Å². The zero-order chi connectivity index (χ0) is 80.2. The number of unbranched alkanes of at least 4 members (excludes halogenated alkanes) is 4. The molecule has 21 heterocycles. The minimum atomic E-state index is -4.44. The Morgan fingerprint density at radius 1 is 0.211 bits per heavy atom. The molecule has 0 aromatic carbocycles. The highest BCUT2D eigenvalue weighted by atomic mass is 32.2. The van der Waals surface area contributed by atoms with Gasteiger partial charge in [0.05, 0.1) is 69.3 Å². The normalized spacial score (nSPS) is 43.2. The summed E-state index contributed by atoms with van der Waals surface area (Å²) in [6, 6.07) is 0. The Morgan fingerprint density at radius 3 is 0.505 bits per heavy atom. The zero-order valence-electron chi connectivity index (χ0n) is 58.1. The SMILES string of the molecule is O=S(=O)(O)CCCCOC[C@H]1O[C@@H]2O[C@H]3[C@H](O)[C@@H](O)[C@@H](O[C@H]4[C@H](O)[C@@H](O)[C@@H](O[C@H]5[C@H](O)[C@@H](O)[C@@H](O[C@H]6[C@@H](O)[C@@H](O)[C@@H](O[C@H]7[C@H](O)[C@H](O)[C@@H](O[C@H]8[C@H](O)[C@@H](O)[C@@H](O[C@H]1[C@H](O)[C@H]2O)O[C@@H]8CO)O[C@@H]7CO)O[C@@H]6COCCCCS(=O)(=O)O)O[C@@H]5COCCCCS(=O)(=O)O)O[C@@H]4CO)O[C@@H]3COCCCCS(=O)(=O)O. The van der Waals surface area contributed by atoms with Crippen molar-refractivity contribution in [2.24, 2.45) is 0 Å². The van der Waals surface area contributed by atoms with Crippen molar-refractivity contribution < 1.29 is 224 Å². The molecule has 21 rings (SSSR count). The number of rotatable bonds is 31. The van der Waals surface area contributed by atoms with Crippen LogP contribution in [-0.2, 0) is 126 Å². The van der Waals surface area contributed by atoms with Crippen molar-refractivity contribution in [3.8, 4) is 0 Å². The highest BCUT2D eigenvalue weighted by Gasteiger charge is 2.60. The van der Waals surface area contributed by atoms with E-state index in [4.69, 9.17) is 85.3 Å². The van der Waals surface area contributed by atoms with Gasteiger partial charge in [-0.25, -0.2) is 0 Å². The van der Waals surface area contributed by atoms with E-state index in [1.54, 1.807) is 0 Å². The van der Waals surface area contributed by atoms with E-state index in [0.717, 1.165) is 0 Å². The molecule has 0 aromatic rings. The second-order valence-corrected chi connectivity index (χ2v) is 33.5. The van der Waals surface area contributed by atoms with Gasteiger partial charge in [0.15, 0.2) is 44.0 Å². The lowest BCUT2D eigenvalue weighted by molar-refractivity contribution is -0.397. The maximum absolute atomic E-state index is 12.0. The first kappa shape index (κ1) is 92.7. The van der Waals surface area contributed by atoms with E-state index in [9.17, 15) is 139 Å². The summed E-state index contributed by atoms with van der Waals surface area (Å²) in [5.41, 5.74) is 0. The average Bonchev–Trinajstić information content (AvgIpc) is 0.802. The number of hydrogen-bond donors (Lipinski definition) is 21. The Kier molecular flexibility index (Phi) is 35.4. The van der Waals surface area contributed by atoms with Crippen LogP contribution in [0, 0.1) is 0 Å². The van der Waals surface area contributed by atoms with Crippen LogP contribution in [-0.4, -0.2) is 449 Å². The molecule has 21 aliphatic heterocycles. The minimum Gasteiger partial charge on any atom is -0.394 e. The predicted octanol–water partition coefficient (Wildman–Crippen LogP) is -12.5. The molecule has 0 unspecified atom stereocenters. The Hall–Kier alpha value is -1.76. The van der Waals surface area contributed by atoms with E-state index in [1.807, 2.05) is 0 Å². The molecular weight excluding hydrogens is 1580 g/mol. The molecule has 0 spiro atoms. The highest BCUT2D eigenvalue weighted by Crippen LogP contribution is 2.40. The second kappa shape index (κ2) is 41.6. The van der Waals surface area contributed by atoms with Crippen molar-refractivity contribution in [1.29, 1.82) is 0 Å². The largest absolute Gasteiger partial charge is 0.394 e. The van der Waals surface area contributed by atoms with E-state index in [-0.39, 0.29) is 77.8 Å². The molecule has 0 radical (unpaired) electrons. The number of ether oxygens (including phenoxy) is 18. The topological polar surface area (TPSA) is 728 Å². The maximum atomic E-state index is 12.0. The Balaban J connectivity index is 1.14. The number of hydrogen-bond acceptors (Lipinski definition) is 43. The third-order valence-electron chi connectivity index (χ3n) is 19.0. The molecule has 21 saturated heterocycles. The lowest BCUT2D eigenvalue weighted by atomic mass is 9.95. The van der Waals surface area contributed by atoms with Gasteiger partial charge in [0.1, 0.15) is 171 Å². The van der Waals surface area contributed by atoms with E-state index < -0.39 is 325 Å². The Labute approximate surface area is 624 Å². The van der Waals surface area contributed by atoms with Gasteiger partial charge >= 0.3 is 0 Å². The number of aliphatic hydroxyl groups excluding tert-OH is 17. The van der Waals surface area contributed by atoms with E-state index in [0.29, 0.717) is 0 Å². The molecule has 21 fully saturated rings. The Morgan fingerprint density at radius 2 is 0.358 bits per heavy atom. The van der Waals surface area contributed by atoms with Crippen LogP contribution < -0.4 is 0 Å². The van der Waals surface area contributed by atoms with Crippen LogP contribution in [0.15, 0.2) is 0 Å². The first-order valence-corrected chi connectivity index (χ1v) is 41.3. The summed E-state index contributed by atoms with van der Waals surface area (Å²) in [7, 11) is -17.8. The van der Waals surface area contributed by atoms with Gasteiger partial charge in [-0.3, -0.25) is 18.2 Å². The molecule has 47 nitrogen and oxygen atoms in total. The van der Waals surface area contributed by atoms with Crippen LogP contribution in [0.1, 0.15) is 51.4 Å². The third kappa shape index (κ3) is 25.6. The number of aliphatic hydroxyl groups is 17. The van der Waals surface area contributed by atoms with Crippen molar-refractivity contribution in [2.45, 2.75) is 266 Å². The third-order valence-corrected chi connectivity index (χ3v) is 22.2. The first-order valence-electron chi connectivity index (χ1n) is 34.9. The molecule has 640 valence electrons. The Bertz CT molecular complexity index is 3100. The highest BCUT2D eigenvalue weighted by molar-refractivity contribution is 7.86. The second-order valence-electron chi connectivity index (χ2n) is 27.2. The lowest BCUT2D eigenvalue weighted by Crippen LogP contribution is -2.68. The summed E-state index contributed by atoms with van der Waals surface area (Å²) in [6.45, 7) is -7.62. The fourth-order valence-electron chi connectivity index (χ4n) is 13.1. The van der Waals surface area contributed by atoms with Crippen LogP contribution in [0.2, 0.25) is 0 Å². The quantitative estimate of drug-likeness (QED) is 0.0226. The maximum Gasteiger partial charge on any atom is 0.264 e. The molecular formula is C58H102O47S4. The molecule has 0 saturated carbocycles. The van der Waals surface area contributed by atoms with Crippen molar-refractivity contribution in [2.75, 3.05) is 95.7 Å². The van der Waals surface area contributed by atoms with Crippen molar-refractivity contribution >= 4 is 40.5 Å². The van der Waals surface area contributed by atoms with Gasteiger partial charge in [0, 0.05) is 26.4 Å². The van der Waals surface area contributed by atoms with Crippen molar-refractivity contribution in [3.05, 3.63) is 0 Å². The summed E-state index contributed by atoms with van der Waals surface area (Å²) < 4.78 is 235. The van der Waals surface area contributed by atoms with Crippen LogP contribution in [0.4, 0.5) is 0 Å². The average molecular weight is 1680 g/mol. The fourth-order valence-corrected chi connectivity index (χ4v) is 15.4. The van der Waals surface area contributed by atoms with Crippen LogP contribution in [0.25, 0.3) is 0 Å². The van der Waals surface area contributed by atoms with Gasteiger partial charge < -0.3 is 172 Å². The predicted molar refractivity (Wildman–Crippen MR) is 346 cm³/mol. The van der Waals surface area contributed by atoms with Crippen molar-refractivity contribution in [3.63, 3.8) is 0 Å². The molecule has 21 aliphatic rings. The van der Waals surface area contributed by atoms with E-state index in [2.05, 4.69) is 0 Å². The zero-order valence-corrected chi connectivity index (χ0v) is 61.4. The van der Waals surface area contributed by atoms with Gasteiger partial charge in [0.2, 0.25) is 0 Å². The molecule has 0 aliphatic carbocycles. The summed E-state index contributed by atoms with van der Waals surface area (Å²) in [5, 5.41) is 198. The van der Waals surface area contributed by atoms with Crippen LogP contribution >= 0.6 is 0 Å². The molecule has 0 aromatic heterocycles. The summed E-state index contributed by atoms with van der Waals surface area (Å²) in [5.74, 6) is -2.80. The molecule has 51 heteroatoms. The van der Waals surface area contributed by atoms with Gasteiger partial charge in [-0.15, -0.1) is 0 Å². The standard InChI is InChI=1S/C58H102O47S4/c59-17-24-45-32(63)39(70)53(93-24)102-48-27(20-88-9-1-5-13-106(76,77)78)97-57(43(74)36(48)67)105-51-30(23-91-12-4-8-16-109(85,86)87)96-56(42(73)35(51)66)101-47-26(19-61)94-54(40(71)33(47)64)103-49-28(21-89-10-2-6-14-107(79,80)81)98-58(44(75)37(49)68)104-50-29(22-90-11-3-7-15-108(82,83)84)95-55(41(72)34(50)65)100-46-25(18-60)92-52(99-45)38(69)31(46)62/h24-75H,1-23H2,(H,76,77,78)(H,79,80,81)(H,82,83,84)(H,85,86,87)/t24-,25-,26-,27-,28-,29-,30-,31-,32-,33-,34+,35-,36-,37-,38+,39-,40-,41-,42-,43-,44-,45-,46-,47-,48-,49-,50-,51-,52-,53-,54-,55-,56-,57-,58-/m1/s1. The summed E-state index contributed by atoms with van der Waals surface area (Å²) >= 11 is 0. The van der Waals surface area contributed by atoms with Gasteiger partial charge in [-0.05, 0) is 51.4 Å². The minimum absolute atomic E-state index is 0.0524. The van der Waals surface area contributed by atoms with Crippen LogP contribution in [0.5, 0.6) is 0 Å².